The molecule has 4 heterocycles. The van der Waals surface area contributed by atoms with Gasteiger partial charge in [-0.15, -0.1) is 0 Å². The second-order valence-electron chi connectivity index (χ2n) is 11.7. The van der Waals surface area contributed by atoms with Crippen molar-refractivity contribution in [2.45, 2.75) is 50.2 Å². The van der Waals surface area contributed by atoms with Crippen LogP contribution < -0.4 is 31.9 Å². The quantitative estimate of drug-likeness (QED) is 0.383. The third-order valence-corrected chi connectivity index (χ3v) is 8.56. The Bertz CT molecular complexity index is 1260. The Morgan fingerprint density at radius 1 is 1.10 bits per heavy atom. The Labute approximate surface area is 228 Å². The summed E-state index contributed by atoms with van der Waals surface area (Å²) >= 11 is 0. The van der Waals surface area contributed by atoms with Gasteiger partial charge < -0.3 is 20.9 Å². The summed E-state index contributed by atoms with van der Waals surface area (Å²) < 4.78 is 29.4. The van der Waals surface area contributed by atoms with E-state index in [2.05, 4.69) is 34.3 Å². The van der Waals surface area contributed by atoms with Crippen molar-refractivity contribution >= 4 is 17.3 Å². The molecule has 39 heavy (non-hydrogen) atoms. The minimum absolute atomic E-state index is 0.000376. The van der Waals surface area contributed by atoms with Crippen LogP contribution in [-0.2, 0) is 0 Å². The molecule has 0 aromatic heterocycles. The molecule has 1 amide bonds. The lowest BCUT2D eigenvalue weighted by molar-refractivity contribution is 0.0785. The molecule has 2 aromatic carbocycles. The average molecular weight is 538 g/mol. The number of benzene rings is 2. The van der Waals surface area contributed by atoms with Gasteiger partial charge in [-0.1, -0.05) is 12.1 Å². The maximum atomic E-state index is 14.7. The minimum Gasteiger partial charge on any atom is -0.363 e. The topological polar surface area (TPSA) is 97.7 Å². The molecule has 8 nitrogen and oxygen atoms in total. The number of nitrogens with two attached hydrogens (primary N) is 1. The summed E-state index contributed by atoms with van der Waals surface area (Å²) in [5.41, 5.74) is 8.01. The van der Waals surface area contributed by atoms with E-state index in [0.717, 1.165) is 30.6 Å². The molecule has 10 heteroatoms. The number of nitrogens with zero attached hydrogens (tertiary/aromatic N) is 2. The van der Waals surface area contributed by atoms with Crippen molar-refractivity contribution in [1.29, 1.82) is 0 Å². The van der Waals surface area contributed by atoms with Gasteiger partial charge in [0.2, 0.25) is 0 Å². The van der Waals surface area contributed by atoms with Gasteiger partial charge in [-0.2, -0.15) is 0 Å². The highest BCUT2D eigenvalue weighted by atomic mass is 19.1. The Kier molecular flexibility index (Phi) is 6.61. The number of amides is 1. The summed E-state index contributed by atoms with van der Waals surface area (Å²) in [5.74, 6) is -0.898. The van der Waals surface area contributed by atoms with Gasteiger partial charge in [0, 0.05) is 61.5 Å². The highest BCUT2D eigenvalue weighted by Crippen LogP contribution is 2.39. The minimum atomic E-state index is -0.539. The van der Waals surface area contributed by atoms with E-state index in [9.17, 15) is 13.6 Å². The molecule has 3 fully saturated rings. The van der Waals surface area contributed by atoms with Gasteiger partial charge in [0.1, 0.15) is 23.6 Å². The van der Waals surface area contributed by atoms with E-state index >= 15 is 0 Å². The summed E-state index contributed by atoms with van der Waals surface area (Å²) in [6, 6.07) is 11.7. The zero-order chi connectivity index (χ0) is 27.4. The van der Waals surface area contributed by atoms with Crippen LogP contribution in [0.5, 0.6) is 0 Å². The zero-order valence-corrected chi connectivity index (χ0v) is 22.4. The highest BCUT2D eigenvalue weighted by molar-refractivity contribution is 5.94. The SMILES string of the molecule is CC1C=C2CN(c3c(F)cccc3F)CCC3CNC(Nc4ccc(C(=O)N5CCC(C)(N)C5)cc4)NC23N1. The first-order valence-corrected chi connectivity index (χ1v) is 13.8. The molecule has 2 aromatic rings. The molecule has 0 bridgehead atoms. The number of nitrogens with one attached hydrogen (secondary N) is 4. The van der Waals surface area contributed by atoms with Crippen LogP contribution in [0.15, 0.2) is 54.1 Å². The van der Waals surface area contributed by atoms with E-state index in [1.165, 1.54) is 18.2 Å². The summed E-state index contributed by atoms with van der Waals surface area (Å²) in [6.07, 6.45) is 3.48. The van der Waals surface area contributed by atoms with Crippen molar-refractivity contribution in [3.63, 3.8) is 0 Å². The first-order valence-electron chi connectivity index (χ1n) is 13.8. The van der Waals surface area contributed by atoms with E-state index in [1.807, 2.05) is 41.0 Å². The number of carbonyl (C=O) groups is 1. The van der Waals surface area contributed by atoms with Gasteiger partial charge in [-0.25, -0.2) is 8.78 Å². The fourth-order valence-electron chi connectivity index (χ4n) is 6.63. The summed E-state index contributed by atoms with van der Waals surface area (Å²) in [7, 11) is 0. The third-order valence-electron chi connectivity index (χ3n) is 8.56. The van der Waals surface area contributed by atoms with Crippen molar-refractivity contribution in [1.82, 2.24) is 20.9 Å². The first kappa shape index (κ1) is 26.2. The third kappa shape index (κ3) is 4.91. The predicted molar refractivity (Wildman–Crippen MR) is 148 cm³/mol. The van der Waals surface area contributed by atoms with Crippen molar-refractivity contribution < 1.29 is 13.6 Å². The molecule has 1 spiro atoms. The second kappa shape index (κ2) is 9.85. The van der Waals surface area contributed by atoms with Crippen LogP contribution in [0.25, 0.3) is 0 Å². The van der Waals surface area contributed by atoms with E-state index in [4.69, 9.17) is 5.73 Å². The average Bonchev–Trinajstić information content (AvgIpc) is 3.36. The van der Waals surface area contributed by atoms with Crippen molar-refractivity contribution in [2.75, 3.05) is 42.9 Å². The molecule has 0 aliphatic carbocycles. The maximum Gasteiger partial charge on any atom is 0.253 e. The standard InChI is InChI=1S/C29H37F2N7O/c1-18-14-21-16-37(25-23(30)4-3-5-24(25)31)12-10-20-15-33-27(36-29(20,21)35-18)34-22-8-6-19(7-9-22)26(39)38-13-11-28(2,32)17-38/h3-9,14,18,20,27,33-36H,10-13,15-17,32H2,1-2H3. The second-order valence-corrected chi connectivity index (χ2v) is 11.7. The lowest BCUT2D eigenvalue weighted by Crippen LogP contribution is -2.74. The number of hydrogen-bond acceptors (Lipinski definition) is 7. The van der Waals surface area contributed by atoms with Crippen molar-refractivity contribution in [3.8, 4) is 0 Å². The summed E-state index contributed by atoms with van der Waals surface area (Å²) in [4.78, 5) is 16.5. The number of anilines is 2. The molecule has 6 rings (SSSR count). The number of carbonyl (C=O) groups excluding carboxylic acids is 1. The van der Waals surface area contributed by atoms with Gasteiger partial charge in [0.15, 0.2) is 0 Å². The summed E-state index contributed by atoms with van der Waals surface area (Å²) in [5, 5.41) is 14.5. The number of likely N-dealkylation sites (tertiary alicyclic amines) is 1. The fraction of sp³-hybridized carbons (Fsp3) is 0.483. The number of hydrogen-bond donors (Lipinski definition) is 5. The van der Waals surface area contributed by atoms with E-state index in [-0.39, 0.29) is 35.4 Å². The lowest BCUT2D eigenvalue weighted by Gasteiger charge is -2.48. The Balaban J connectivity index is 1.17. The Morgan fingerprint density at radius 3 is 2.54 bits per heavy atom. The molecular weight excluding hydrogens is 500 g/mol. The van der Waals surface area contributed by atoms with Gasteiger partial charge in [-0.05, 0) is 68.7 Å². The molecule has 5 unspecified atom stereocenters. The first-order chi connectivity index (χ1) is 18.6. The van der Waals surface area contributed by atoms with Crippen LogP contribution in [0.1, 0.15) is 37.0 Å². The normalized spacial score (nSPS) is 32.3. The molecular formula is C29H37F2N7O. The van der Waals surface area contributed by atoms with E-state index in [1.54, 1.807) is 0 Å². The largest absolute Gasteiger partial charge is 0.363 e. The number of halogens is 2. The van der Waals surface area contributed by atoms with Crippen LogP contribution in [0.4, 0.5) is 20.2 Å². The van der Waals surface area contributed by atoms with Gasteiger partial charge in [0.05, 0.1) is 5.66 Å². The molecule has 5 atom stereocenters. The summed E-state index contributed by atoms with van der Waals surface area (Å²) in [6.45, 7) is 7.01. The molecule has 4 aliphatic heterocycles. The van der Waals surface area contributed by atoms with Crippen LogP contribution in [0.2, 0.25) is 0 Å². The smallest absolute Gasteiger partial charge is 0.253 e. The lowest BCUT2D eigenvalue weighted by atomic mass is 9.84. The highest BCUT2D eigenvalue weighted by Gasteiger charge is 2.51. The van der Waals surface area contributed by atoms with Gasteiger partial charge in [-0.3, -0.25) is 20.7 Å². The van der Waals surface area contributed by atoms with Crippen LogP contribution in [0.3, 0.4) is 0 Å². The monoisotopic (exact) mass is 537 g/mol. The predicted octanol–water partition coefficient (Wildman–Crippen LogP) is 2.56. The van der Waals surface area contributed by atoms with E-state index in [0.29, 0.717) is 31.7 Å². The molecule has 3 saturated heterocycles. The van der Waals surface area contributed by atoms with Crippen molar-refractivity contribution in [2.24, 2.45) is 11.7 Å². The molecule has 0 radical (unpaired) electrons. The fourth-order valence-corrected chi connectivity index (χ4v) is 6.63. The molecule has 208 valence electrons. The van der Waals surface area contributed by atoms with Crippen LogP contribution in [-0.4, -0.2) is 67.1 Å². The van der Waals surface area contributed by atoms with Crippen molar-refractivity contribution in [3.05, 3.63) is 71.3 Å². The van der Waals surface area contributed by atoms with Gasteiger partial charge in [0.25, 0.3) is 5.91 Å². The molecule has 0 saturated carbocycles. The number of rotatable bonds is 4. The zero-order valence-electron chi connectivity index (χ0n) is 22.4. The Morgan fingerprint density at radius 2 is 1.85 bits per heavy atom. The molecule has 6 N–H and O–H groups in total. The van der Waals surface area contributed by atoms with Gasteiger partial charge >= 0.3 is 0 Å². The van der Waals surface area contributed by atoms with E-state index < -0.39 is 17.3 Å². The molecule has 4 aliphatic rings. The van der Waals surface area contributed by atoms with Crippen LogP contribution in [0, 0.1) is 17.6 Å². The maximum absolute atomic E-state index is 14.7. The van der Waals surface area contributed by atoms with Crippen LogP contribution >= 0.6 is 0 Å². The number of para-hydroxylation sites is 1. The Hall–Kier alpha value is -3.05.